The molecule has 0 radical (unpaired) electrons. The van der Waals surface area contributed by atoms with Gasteiger partial charge in [0, 0.05) is 11.6 Å². The van der Waals surface area contributed by atoms with Crippen molar-refractivity contribution in [1.29, 1.82) is 0 Å². The molecular weight excluding hydrogens is 267 g/mol. The van der Waals surface area contributed by atoms with E-state index < -0.39 is 0 Å². The van der Waals surface area contributed by atoms with E-state index in [1.165, 1.54) is 0 Å². The van der Waals surface area contributed by atoms with Crippen molar-refractivity contribution >= 4 is 27.5 Å². The zero-order valence-electron chi connectivity index (χ0n) is 7.89. The molecule has 14 heavy (non-hydrogen) atoms. The highest BCUT2D eigenvalue weighted by Crippen LogP contribution is 2.32. The summed E-state index contributed by atoms with van der Waals surface area (Å²) in [6.45, 7) is 0.182. The molecule has 0 bridgehead atoms. The Morgan fingerprint density at radius 3 is 2.79 bits per heavy atom. The number of aliphatic hydroxyl groups is 1. The highest BCUT2D eigenvalue weighted by molar-refractivity contribution is 9.10. The van der Waals surface area contributed by atoms with Crippen LogP contribution in [0.4, 0.5) is 0 Å². The number of ether oxygens (including phenoxy) is 1. The molecule has 4 heteroatoms. The second kappa shape index (κ2) is 5.59. The Kier molecular flexibility index (Phi) is 4.72. The van der Waals surface area contributed by atoms with Crippen molar-refractivity contribution in [3.8, 4) is 5.75 Å². The molecule has 1 aromatic carbocycles. The average molecular weight is 280 g/mol. The van der Waals surface area contributed by atoms with Crippen molar-refractivity contribution in [2.75, 3.05) is 13.7 Å². The summed E-state index contributed by atoms with van der Waals surface area (Å²) in [4.78, 5) is 0. The van der Waals surface area contributed by atoms with Crippen LogP contribution >= 0.6 is 27.5 Å². The molecule has 1 rings (SSSR count). The first-order valence-electron chi connectivity index (χ1n) is 4.31. The van der Waals surface area contributed by atoms with Crippen molar-refractivity contribution in [3.63, 3.8) is 0 Å². The fraction of sp³-hybridized carbons (Fsp3) is 0.400. The SMILES string of the molecule is COc1cc(Cl)cc(CCCO)c1Br. The summed E-state index contributed by atoms with van der Waals surface area (Å²) in [5, 5.41) is 9.39. The maximum atomic E-state index is 8.73. The van der Waals surface area contributed by atoms with Crippen LogP contribution in [0.15, 0.2) is 16.6 Å². The highest BCUT2D eigenvalue weighted by atomic mass is 79.9. The summed E-state index contributed by atoms with van der Waals surface area (Å²) >= 11 is 9.36. The largest absolute Gasteiger partial charge is 0.496 e. The second-order valence-electron chi connectivity index (χ2n) is 2.91. The van der Waals surface area contributed by atoms with Crippen molar-refractivity contribution in [2.24, 2.45) is 0 Å². The first-order valence-corrected chi connectivity index (χ1v) is 5.49. The quantitative estimate of drug-likeness (QED) is 0.918. The first kappa shape index (κ1) is 11.8. The topological polar surface area (TPSA) is 29.5 Å². The lowest BCUT2D eigenvalue weighted by molar-refractivity contribution is 0.288. The van der Waals surface area contributed by atoms with E-state index in [1.807, 2.05) is 6.07 Å². The Morgan fingerprint density at radius 2 is 2.21 bits per heavy atom. The zero-order chi connectivity index (χ0) is 10.6. The van der Waals surface area contributed by atoms with Crippen LogP contribution in [0.5, 0.6) is 5.75 Å². The van der Waals surface area contributed by atoms with Crippen molar-refractivity contribution in [2.45, 2.75) is 12.8 Å². The number of benzene rings is 1. The van der Waals surface area contributed by atoms with E-state index in [9.17, 15) is 0 Å². The molecule has 0 aliphatic rings. The predicted octanol–water partition coefficient (Wildman–Crippen LogP) is 3.04. The minimum Gasteiger partial charge on any atom is -0.496 e. The number of hydrogen-bond acceptors (Lipinski definition) is 2. The first-order chi connectivity index (χ1) is 6.69. The van der Waals surface area contributed by atoms with Crippen molar-refractivity contribution < 1.29 is 9.84 Å². The number of aliphatic hydroxyl groups excluding tert-OH is 1. The van der Waals surface area contributed by atoms with Crippen LogP contribution in [0.1, 0.15) is 12.0 Å². The zero-order valence-corrected chi connectivity index (χ0v) is 10.2. The predicted molar refractivity (Wildman–Crippen MR) is 61.1 cm³/mol. The number of hydrogen-bond donors (Lipinski definition) is 1. The van der Waals surface area contributed by atoms with Gasteiger partial charge in [0.15, 0.2) is 0 Å². The van der Waals surface area contributed by atoms with E-state index in [0.717, 1.165) is 28.6 Å². The van der Waals surface area contributed by atoms with E-state index in [4.69, 9.17) is 21.4 Å². The van der Waals surface area contributed by atoms with E-state index in [1.54, 1.807) is 13.2 Å². The molecule has 0 atom stereocenters. The average Bonchev–Trinajstić information content (AvgIpc) is 2.18. The number of methoxy groups -OCH3 is 1. The fourth-order valence-corrected chi connectivity index (χ4v) is 2.04. The fourth-order valence-electron chi connectivity index (χ4n) is 1.22. The van der Waals surface area contributed by atoms with E-state index in [-0.39, 0.29) is 6.61 Å². The van der Waals surface area contributed by atoms with Crippen molar-refractivity contribution in [1.82, 2.24) is 0 Å². The minimum absolute atomic E-state index is 0.182. The molecule has 0 fully saturated rings. The molecule has 0 aromatic heterocycles. The van der Waals surface area contributed by atoms with Gasteiger partial charge in [-0.05, 0) is 46.5 Å². The van der Waals surface area contributed by atoms with Gasteiger partial charge < -0.3 is 9.84 Å². The van der Waals surface area contributed by atoms with Gasteiger partial charge in [0.1, 0.15) is 5.75 Å². The van der Waals surface area contributed by atoms with Gasteiger partial charge in [0.2, 0.25) is 0 Å². The van der Waals surface area contributed by atoms with Crippen LogP contribution in [0, 0.1) is 0 Å². The highest BCUT2D eigenvalue weighted by Gasteiger charge is 2.07. The number of rotatable bonds is 4. The normalized spacial score (nSPS) is 10.3. The smallest absolute Gasteiger partial charge is 0.134 e. The molecule has 0 unspecified atom stereocenters. The number of halogens is 2. The van der Waals surface area contributed by atoms with Gasteiger partial charge >= 0.3 is 0 Å². The van der Waals surface area contributed by atoms with Crippen LogP contribution < -0.4 is 4.74 Å². The van der Waals surface area contributed by atoms with Crippen LogP contribution in [-0.4, -0.2) is 18.8 Å². The third kappa shape index (κ3) is 2.87. The van der Waals surface area contributed by atoms with Gasteiger partial charge in [-0.3, -0.25) is 0 Å². The maximum absolute atomic E-state index is 8.73. The van der Waals surface area contributed by atoms with Gasteiger partial charge in [-0.25, -0.2) is 0 Å². The third-order valence-corrected chi connectivity index (χ3v) is 3.02. The summed E-state index contributed by atoms with van der Waals surface area (Å²) in [7, 11) is 1.60. The minimum atomic E-state index is 0.182. The summed E-state index contributed by atoms with van der Waals surface area (Å²) < 4.78 is 6.07. The molecular formula is C10H12BrClO2. The standard InChI is InChI=1S/C10H12BrClO2/c1-14-9-6-8(12)5-7(10(9)11)3-2-4-13/h5-6,13H,2-4H2,1H3. The molecule has 78 valence electrons. The van der Waals surface area contributed by atoms with Crippen LogP contribution in [0.2, 0.25) is 5.02 Å². The van der Waals surface area contributed by atoms with E-state index >= 15 is 0 Å². The van der Waals surface area contributed by atoms with Gasteiger partial charge in [-0.2, -0.15) is 0 Å². The molecule has 1 N–H and O–H groups in total. The van der Waals surface area contributed by atoms with Crippen LogP contribution in [0.25, 0.3) is 0 Å². The van der Waals surface area contributed by atoms with E-state index in [2.05, 4.69) is 15.9 Å². The molecule has 0 spiro atoms. The monoisotopic (exact) mass is 278 g/mol. The number of aryl methyl sites for hydroxylation is 1. The lowest BCUT2D eigenvalue weighted by Gasteiger charge is -2.09. The van der Waals surface area contributed by atoms with Crippen LogP contribution in [-0.2, 0) is 6.42 Å². The lowest BCUT2D eigenvalue weighted by Crippen LogP contribution is -1.94. The molecule has 1 aromatic rings. The van der Waals surface area contributed by atoms with Gasteiger partial charge in [0.25, 0.3) is 0 Å². The Hall–Kier alpha value is -0.250. The Morgan fingerprint density at radius 1 is 1.50 bits per heavy atom. The molecule has 0 amide bonds. The molecule has 0 aliphatic heterocycles. The maximum Gasteiger partial charge on any atom is 0.134 e. The summed E-state index contributed by atoms with van der Waals surface area (Å²) in [6.07, 6.45) is 1.51. The molecule has 0 saturated heterocycles. The lowest BCUT2D eigenvalue weighted by atomic mass is 10.1. The Labute approximate surface area is 97.0 Å². The van der Waals surface area contributed by atoms with Gasteiger partial charge in [0.05, 0.1) is 11.6 Å². The Bertz CT molecular complexity index is 315. The summed E-state index contributed by atoms with van der Waals surface area (Å²) in [6, 6.07) is 3.64. The third-order valence-electron chi connectivity index (χ3n) is 1.90. The van der Waals surface area contributed by atoms with Crippen molar-refractivity contribution in [3.05, 3.63) is 27.2 Å². The van der Waals surface area contributed by atoms with Gasteiger partial charge in [-0.1, -0.05) is 11.6 Å². The second-order valence-corrected chi connectivity index (χ2v) is 4.14. The van der Waals surface area contributed by atoms with Crippen LogP contribution in [0.3, 0.4) is 0 Å². The molecule has 2 nitrogen and oxygen atoms in total. The van der Waals surface area contributed by atoms with Gasteiger partial charge in [-0.15, -0.1) is 0 Å². The molecule has 0 saturated carbocycles. The molecule has 0 heterocycles. The summed E-state index contributed by atoms with van der Waals surface area (Å²) in [5.41, 5.74) is 1.06. The Balaban J connectivity index is 2.96. The molecule has 0 aliphatic carbocycles. The summed E-state index contributed by atoms with van der Waals surface area (Å²) in [5.74, 6) is 0.727. The van der Waals surface area contributed by atoms with E-state index in [0.29, 0.717) is 5.02 Å².